The highest BCUT2D eigenvalue weighted by Crippen LogP contribution is 2.27. The molecule has 168 valence electrons. The average molecular weight is 438 g/mol. The Bertz CT molecular complexity index is 1060. The molecule has 1 aliphatic heterocycles. The summed E-state index contributed by atoms with van der Waals surface area (Å²) in [6, 6.07) is 15.5. The van der Waals surface area contributed by atoms with Crippen LogP contribution in [0.1, 0.15) is 31.9 Å². The van der Waals surface area contributed by atoms with E-state index >= 15 is 0 Å². The zero-order valence-corrected chi connectivity index (χ0v) is 18.4. The first-order valence-corrected chi connectivity index (χ1v) is 10.4. The van der Waals surface area contributed by atoms with Gasteiger partial charge in [0.05, 0.1) is 12.2 Å². The third-order valence-electron chi connectivity index (χ3n) is 5.21. The van der Waals surface area contributed by atoms with Gasteiger partial charge in [-0.05, 0) is 38.0 Å². The van der Waals surface area contributed by atoms with Crippen LogP contribution < -0.4 is 5.32 Å². The fraction of sp³-hybridized carbons (Fsp3) is 0.280. The molecule has 3 rings (SSSR count). The molecule has 0 saturated carbocycles. The highest BCUT2D eigenvalue weighted by molar-refractivity contribution is 5.97. The molecule has 1 aliphatic rings. The van der Waals surface area contributed by atoms with Gasteiger partial charge in [0.15, 0.2) is 0 Å². The zero-order chi connectivity index (χ0) is 23.3. The summed E-state index contributed by atoms with van der Waals surface area (Å²) in [6.45, 7) is 5.81. The van der Waals surface area contributed by atoms with Gasteiger partial charge in [-0.2, -0.15) is 0 Å². The number of rotatable bonds is 7. The number of nitrogens with zero attached hydrogens (tertiary/aromatic N) is 1. The Hall–Kier alpha value is -3.61. The van der Waals surface area contributed by atoms with Crippen LogP contribution >= 0.6 is 0 Å². The van der Waals surface area contributed by atoms with Crippen molar-refractivity contribution in [3.63, 3.8) is 0 Å². The van der Waals surface area contributed by atoms with E-state index < -0.39 is 23.2 Å². The number of benzene rings is 2. The lowest BCUT2D eigenvalue weighted by Crippen LogP contribution is -2.46. The number of hydrogen-bond acceptors (Lipinski definition) is 5. The standard InChI is InChI=1S/C25H27FN2O4/c1-4-32-24(31)19(14-18-12-8-9-13-20(18)26)22(29)15-21-23(30)28(25(2,3)27-21)16-17-10-6-5-7-11-17/h5-13,15,27,29H,4,14,16H2,1-3H3/b21-15-,22-19-. The molecule has 32 heavy (non-hydrogen) atoms. The Morgan fingerprint density at radius 1 is 1.16 bits per heavy atom. The van der Waals surface area contributed by atoms with Crippen LogP contribution in [-0.2, 0) is 27.3 Å². The van der Waals surface area contributed by atoms with Crippen LogP contribution in [0.25, 0.3) is 0 Å². The lowest BCUT2D eigenvalue weighted by atomic mass is 10.0. The normalized spacial score (nSPS) is 17.2. The molecule has 0 aromatic heterocycles. The van der Waals surface area contributed by atoms with Gasteiger partial charge in [0, 0.05) is 19.0 Å². The summed E-state index contributed by atoms with van der Waals surface area (Å²) in [7, 11) is 0. The maximum Gasteiger partial charge on any atom is 0.338 e. The molecule has 1 amide bonds. The first-order valence-electron chi connectivity index (χ1n) is 10.4. The van der Waals surface area contributed by atoms with E-state index in [4.69, 9.17) is 4.74 Å². The van der Waals surface area contributed by atoms with E-state index in [0.29, 0.717) is 6.54 Å². The largest absolute Gasteiger partial charge is 0.507 e. The summed E-state index contributed by atoms with van der Waals surface area (Å²) >= 11 is 0. The first-order chi connectivity index (χ1) is 15.2. The number of hydrogen-bond donors (Lipinski definition) is 2. The molecule has 0 bridgehead atoms. The molecule has 7 heteroatoms. The minimum atomic E-state index is -0.768. The minimum Gasteiger partial charge on any atom is -0.507 e. The van der Waals surface area contributed by atoms with Gasteiger partial charge in [-0.15, -0.1) is 0 Å². The zero-order valence-electron chi connectivity index (χ0n) is 18.4. The Morgan fingerprint density at radius 2 is 1.81 bits per heavy atom. The van der Waals surface area contributed by atoms with E-state index in [-0.39, 0.29) is 35.8 Å². The van der Waals surface area contributed by atoms with Crippen LogP contribution in [0.2, 0.25) is 0 Å². The fourth-order valence-corrected chi connectivity index (χ4v) is 3.52. The van der Waals surface area contributed by atoms with Crippen molar-refractivity contribution in [3.8, 4) is 0 Å². The van der Waals surface area contributed by atoms with Crippen molar-refractivity contribution >= 4 is 11.9 Å². The van der Waals surface area contributed by atoms with Gasteiger partial charge in [0.25, 0.3) is 5.91 Å². The van der Waals surface area contributed by atoms with Gasteiger partial charge >= 0.3 is 5.97 Å². The Morgan fingerprint density at radius 3 is 2.47 bits per heavy atom. The number of esters is 1. The predicted octanol–water partition coefficient (Wildman–Crippen LogP) is 4.00. The maximum atomic E-state index is 14.1. The van der Waals surface area contributed by atoms with E-state index in [1.807, 2.05) is 44.2 Å². The summed E-state index contributed by atoms with van der Waals surface area (Å²) in [5.41, 5.74) is 0.493. The van der Waals surface area contributed by atoms with Crippen molar-refractivity contribution < 1.29 is 23.8 Å². The van der Waals surface area contributed by atoms with E-state index in [2.05, 4.69) is 5.32 Å². The van der Waals surface area contributed by atoms with E-state index in [0.717, 1.165) is 5.56 Å². The number of aliphatic hydroxyl groups is 1. The van der Waals surface area contributed by atoms with Gasteiger partial charge in [0.2, 0.25) is 0 Å². The van der Waals surface area contributed by atoms with Gasteiger partial charge in [-0.1, -0.05) is 48.5 Å². The number of allylic oxidation sites excluding steroid dienone is 1. The van der Waals surface area contributed by atoms with Crippen molar-refractivity contribution in [2.24, 2.45) is 0 Å². The van der Waals surface area contributed by atoms with Crippen molar-refractivity contribution in [2.45, 2.75) is 39.4 Å². The maximum absolute atomic E-state index is 14.1. The molecule has 0 radical (unpaired) electrons. The number of amides is 1. The van der Waals surface area contributed by atoms with Crippen molar-refractivity contribution in [1.29, 1.82) is 0 Å². The van der Waals surface area contributed by atoms with Gasteiger partial charge < -0.3 is 20.1 Å². The Kier molecular flexibility index (Phi) is 6.98. The second-order valence-electron chi connectivity index (χ2n) is 7.97. The van der Waals surface area contributed by atoms with Crippen molar-refractivity contribution in [1.82, 2.24) is 10.2 Å². The number of carbonyl (C=O) groups is 2. The van der Waals surface area contributed by atoms with Gasteiger partial charge in [-0.3, -0.25) is 4.79 Å². The number of nitrogens with one attached hydrogen (secondary N) is 1. The fourth-order valence-electron chi connectivity index (χ4n) is 3.52. The topological polar surface area (TPSA) is 78.9 Å². The minimum absolute atomic E-state index is 0.0958. The summed E-state index contributed by atoms with van der Waals surface area (Å²) in [6.07, 6.45) is 1.04. The molecule has 6 nitrogen and oxygen atoms in total. The summed E-state index contributed by atoms with van der Waals surface area (Å²) in [5.74, 6) is -2.03. The number of carbonyl (C=O) groups excluding carboxylic acids is 2. The quantitative estimate of drug-likeness (QED) is 0.388. The monoisotopic (exact) mass is 438 g/mol. The molecule has 1 heterocycles. The molecule has 0 atom stereocenters. The van der Waals surface area contributed by atoms with E-state index in [1.165, 1.54) is 18.2 Å². The Labute approximate surface area is 187 Å². The van der Waals surface area contributed by atoms with Gasteiger partial charge in [0.1, 0.15) is 22.9 Å². The SMILES string of the molecule is CCOC(=O)/C(Cc1ccccc1F)=C(O)/C=C1\NC(C)(C)N(Cc2ccccc2)C1=O. The molecular formula is C25H27FN2O4. The lowest BCUT2D eigenvalue weighted by Gasteiger charge is -2.30. The molecule has 2 N–H and O–H groups in total. The number of halogens is 1. The molecular weight excluding hydrogens is 411 g/mol. The van der Waals surface area contributed by atoms with Crippen molar-refractivity contribution in [3.05, 3.63) is 94.6 Å². The predicted molar refractivity (Wildman–Crippen MR) is 119 cm³/mol. The molecule has 2 aromatic carbocycles. The molecule has 0 spiro atoms. The van der Waals surface area contributed by atoms with Crippen LogP contribution in [0.4, 0.5) is 4.39 Å². The van der Waals surface area contributed by atoms with Crippen LogP contribution in [0, 0.1) is 5.82 Å². The number of ether oxygens (including phenoxy) is 1. The van der Waals surface area contributed by atoms with Crippen LogP contribution in [-0.4, -0.2) is 34.2 Å². The van der Waals surface area contributed by atoms with E-state index in [9.17, 15) is 19.1 Å². The molecule has 2 aromatic rings. The molecule has 0 unspecified atom stereocenters. The second-order valence-corrected chi connectivity index (χ2v) is 7.97. The third-order valence-corrected chi connectivity index (χ3v) is 5.21. The first kappa shape index (κ1) is 23.1. The average Bonchev–Trinajstić information content (AvgIpc) is 2.96. The van der Waals surface area contributed by atoms with Crippen molar-refractivity contribution in [2.75, 3.05) is 6.61 Å². The molecule has 1 saturated heterocycles. The summed E-state index contributed by atoms with van der Waals surface area (Å²) in [4.78, 5) is 27.2. The van der Waals surface area contributed by atoms with Gasteiger partial charge in [-0.25, -0.2) is 9.18 Å². The smallest absolute Gasteiger partial charge is 0.338 e. The molecule has 1 fully saturated rings. The highest BCUT2D eigenvalue weighted by atomic mass is 19.1. The van der Waals surface area contributed by atoms with Crippen LogP contribution in [0.3, 0.4) is 0 Å². The summed E-state index contributed by atoms with van der Waals surface area (Å²) < 4.78 is 19.2. The third kappa shape index (κ3) is 5.17. The Balaban J connectivity index is 1.94. The van der Waals surface area contributed by atoms with Crippen LogP contribution in [0.5, 0.6) is 0 Å². The van der Waals surface area contributed by atoms with Crippen LogP contribution in [0.15, 0.2) is 77.7 Å². The second kappa shape index (κ2) is 9.68. The highest BCUT2D eigenvalue weighted by Gasteiger charge is 2.41. The molecule has 0 aliphatic carbocycles. The number of aliphatic hydroxyl groups excluding tert-OH is 1. The summed E-state index contributed by atoms with van der Waals surface area (Å²) in [5, 5.41) is 13.9. The lowest BCUT2D eigenvalue weighted by molar-refractivity contribution is -0.138. The van der Waals surface area contributed by atoms with E-state index in [1.54, 1.807) is 24.0 Å².